The van der Waals surface area contributed by atoms with Crippen LogP contribution in [0.5, 0.6) is 5.75 Å². The van der Waals surface area contributed by atoms with Crippen LogP contribution in [0.25, 0.3) is 5.57 Å². The molecule has 0 radical (unpaired) electrons. The van der Waals surface area contributed by atoms with Crippen molar-refractivity contribution in [3.05, 3.63) is 35.6 Å². The number of hydrogen-bond donors (Lipinski definition) is 0. The molecule has 29 heavy (non-hydrogen) atoms. The van der Waals surface area contributed by atoms with Crippen molar-refractivity contribution in [3.8, 4) is 5.75 Å². The van der Waals surface area contributed by atoms with Crippen LogP contribution in [0, 0.1) is 0 Å². The summed E-state index contributed by atoms with van der Waals surface area (Å²) in [5.41, 5.74) is -1.78. The molecule has 0 saturated carbocycles. The fraction of sp³-hybridized carbons (Fsp3) is 0.600. The molecule has 1 aliphatic heterocycles. The zero-order valence-corrected chi connectivity index (χ0v) is 17.4. The molecule has 0 aromatic heterocycles. The van der Waals surface area contributed by atoms with Gasteiger partial charge in [-0.15, -0.1) is 13.2 Å². The second-order valence-electron chi connectivity index (χ2n) is 7.85. The van der Waals surface area contributed by atoms with Gasteiger partial charge in [0.1, 0.15) is 11.5 Å². The highest BCUT2D eigenvalue weighted by Gasteiger charge is 2.53. The third kappa shape index (κ3) is 6.20. The SMILES string of the molecule is CCCOCCC(=C(F)B1OC(C)(C)C(C)(C)O1)c1cccc(OC(F)(F)F)c1. The highest BCUT2D eigenvalue weighted by Crippen LogP contribution is 2.41. The molecule has 1 fully saturated rings. The number of hydrogen-bond acceptors (Lipinski definition) is 4. The first kappa shape index (κ1) is 23.7. The summed E-state index contributed by atoms with van der Waals surface area (Å²) in [4.78, 5) is 0. The van der Waals surface area contributed by atoms with Gasteiger partial charge in [0, 0.05) is 6.61 Å². The lowest BCUT2D eigenvalue weighted by Gasteiger charge is -2.32. The standard InChI is InChI=1S/C20H27BF4O4/c1-6-11-26-12-10-16(14-8-7-9-15(13-14)27-20(23,24)25)17(22)21-28-18(2,3)19(4,5)29-21/h7-9,13H,6,10-12H2,1-5H3. The van der Waals surface area contributed by atoms with Crippen LogP contribution in [-0.4, -0.2) is 37.9 Å². The first-order valence-corrected chi connectivity index (χ1v) is 9.54. The van der Waals surface area contributed by atoms with Crippen LogP contribution in [0.4, 0.5) is 17.6 Å². The van der Waals surface area contributed by atoms with Gasteiger partial charge in [0.2, 0.25) is 0 Å². The molecule has 0 spiro atoms. The van der Waals surface area contributed by atoms with E-state index in [9.17, 15) is 13.2 Å². The number of rotatable bonds is 8. The third-order valence-corrected chi connectivity index (χ3v) is 5.01. The minimum absolute atomic E-state index is 0.144. The summed E-state index contributed by atoms with van der Waals surface area (Å²) in [6.45, 7) is 9.83. The fourth-order valence-electron chi connectivity index (χ4n) is 2.79. The van der Waals surface area contributed by atoms with Crippen molar-refractivity contribution >= 4 is 12.7 Å². The predicted octanol–water partition coefficient (Wildman–Crippen LogP) is 5.71. The van der Waals surface area contributed by atoms with Gasteiger partial charge in [-0.25, -0.2) is 4.39 Å². The first-order valence-electron chi connectivity index (χ1n) is 9.54. The van der Waals surface area contributed by atoms with Crippen LogP contribution in [0.1, 0.15) is 53.0 Å². The van der Waals surface area contributed by atoms with E-state index in [1.807, 2.05) is 6.92 Å². The van der Waals surface area contributed by atoms with Gasteiger partial charge < -0.3 is 18.8 Å². The summed E-state index contributed by atoms with van der Waals surface area (Å²) in [7, 11) is -1.26. The van der Waals surface area contributed by atoms with Crippen LogP contribution < -0.4 is 4.74 Å². The van der Waals surface area contributed by atoms with Crippen LogP contribution in [-0.2, 0) is 14.0 Å². The summed E-state index contributed by atoms with van der Waals surface area (Å²) in [5.74, 6) is -0.427. The van der Waals surface area contributed by atoms with Crippen LogP contribution in [0.15, 0.2) is 30.0 Å². The van der Waals surface area contributed by atoms with Crippen molar-refractivity contribution in [1.29, 1.82) is 0 Å². The maximum atomic E-state index is 15.4. The Kier molecular flexibility index (Phi) is 7.40. The molecule has 1 aliphatic rings. The number of halogens is 4. The van der Waals surface area contributed by atoms with Crippen molar-refractivity contribution in [3.63, 3.8) is 0 Å². The van der Waals surface area contributed by atoms with Crippen LogP contribution >= 0.6 is 0 Å². The zero-order chi connectivity index (χ0) is 21.9. The second kappa shape index (κ2) is 9.06. The Hall–Kier alpha value is -1.58. The predicted molar refractivity (Wildman–Crippen MR) is 103 cm³/mol. The summed E-state index contributed by atoms with van der Waals surface area (Å²) in [6, 6.07) is 5.20. The van der Waals surface area contributed by atoms with Gasteiger partial charge in [-0.05, 0) is 63.8 Å². The molecule has 2 rings (SSSR count). The van der Waals surface area contributed by atoms with Gasteiger partial charge in [0.05, 0.1) is 17.8 Å². The lowest BCUT2D eigenvalue weighted by atomic mass is 9.82. The highest BCUT2D eigenvalue weighted by atomic mass is 19.4. The van der Waals surface area contributed by atoms with Crippen molar-refractivity contribution in [2.45, 2.75) is 65.0 Å². The zero-order valence-electron chi connectivity index (χ0n) is 17.4. The molecule has 1 saturated heterocycles. The summed E-state index contributed by atoms with van der Waals surface area (Å²) in [5, 5.41) is 0. The summed E-state index contributed by atoms with van der Waals surface area (Å²) in [6.07, 6.45) is -3.89. The maximum Gasteiger partial charge on any atom is 0.573 e. The largest absolute Gasteiger partial charge is 0.573 e. The molecule has 0 atom stereocenters. The van der Waals surface area contributed by atoms with Gasteiger partial charge in [-0.3, -0.25) is 0 Å². The molecule has 1 aromatic rings. The van der Waals surface area contributed by atoms with E-state index in [2.05, 4.69) is 4.74 Å². The molecule has 4 nitrogen and oxygen atoms in total. The molecule has 1 heterocycles. The van der Waals surface area contributed by atoms with E-state index < -0.39 is 36.2 Å². The van der Waals surface area contributed by atoms with Crippen molar-refractivity contribution in [2.24, 2.45) is 0 Å². The van der Waals surface area contributed by atoms with Crippen LogP contribution in [0.2, 0.25) is 0 Å². The maximum absolute atomic E-state index is 15.4. The molecule has 162 valence electrons. The minimum atomic E-state index is -4.84. The van der Waals surface area contributed by atoms with E-state index in [1.54, 1.807) is 27.7 Å². The highest BCUT2D eigenvalue weighted by molar-refractivity contribution is 6.55. The Morgan fingerprint density at radius 1 is 1.07 bits per heavy atom. The molecule has 0 bridgehead atoms. The summed E-state index contributed by atoms with van der Waals surface area (Å²) >= 11 is 0. The number of ether oxygens (including phenoxy) is 2. The third-order valence-electron chi connectivity index (χ3n) is 5.01. The lowest BCUT2D eigenvalue weighted by Crippen LogP contribution is -2.41. The van der Waals surface area contributed by atoms with E-state index in [1.165, 1.54) is 12.1 Å². The Morgan fingerprint density at radius 3 is 2.24 bits per heavy atom. The quantitative estimate of drug-likeness (QED) is 0.308. The van der Waals surface area contributed by atoms with Gasteiger partial charge in [0.25, 0.3) is 0 Å². The average Bonchev–Trinajstić information content (AvgIpc) is 2.81. The Morgan fingerprint density at radius 2 is 1.69 bits per heavy atom. The molecular weight excluding hydrogens is 391 g/mol. The van der Waals surface area contributed by atoms with Crippen LogP contribution in [0.3, 0.4) is 0 Å². The monoisotopic (exact) mass is 418 g/mol. The molecule has 9 heteroatoms. The summed E-state index contributed by atoms with van der Waals surface area (Å²) < 4.78 is 74.1. The molecule has 0 unspecified atom stereocenters. The number of alkyl halides is 3. The topological polar surface area (TPSA) is 36.9 Å². The van der Waals surface area contributed by atoms with Crippen molar-refractivity contribution in [2.75, 3.05) is 13.2 Å². The second-order valence-corrected chi connectivity index (χ2v) is 7.85. The minimum Gasteiger partial charge on any atom is -0.406 e. The Labute approximate surface area is 169 Å². The van der Waals surface area contributed by atoms with E-state index in [0.717, 1.165) is 18.6 Å². The van der Waals surface area contributed by atoms with Gasteiger partial charge in [-0.1, -0.05) is 19.1 Å². The molecular formula is C20H27BF4O4. The fourth-order valence-corrected chi connectivity index (χ4v) is 2.79. The van der Waals surface area contributed by atoms with E-state index in [4.69, 9.17) is 14.0 Å². The van der Waals surface area contributed by atoms with Crippen molar-refractivity contribution in [1.82, 2.24) is 0 Å². The molecule has 1 aromatic carbocycles. The van der Waals surface area contributed by atoms with E-state index >= 15 is 4.39 Å². The van der Waals surface area contributed by atoms with Gasteiger partial charge in [-0.2, -0.15) is 0 Å². The Balaban J connectivity index is 2.37. The number of benzene rings is 1. The van der Waals surface area contributed by atoms with E-state index in [-0.39, 0.29) is 24.2 Å². The molecule has 0 amide bonds. The van der Waals surface area contributed by atoms with Gasteiger partial charge in [0.15, 0.2) is 0 Å². The lowest BCUT2D eigenvalue weighted by molar-refractivity contribution is -0.274. The first-order chi connectivity index (χ1) is 13.4. The van der Waals surface area contributed by atoms with Gasteiger partial charge >= 0.3 is 13.5 Å². The van der Waals surface area contributed by atoms with E-state index in [0.29, 0.717) is 6.61 Å². The normalized spacial score (nSPS) is 19.3. The average molecular weight is 418 g/mol. The molecule has 0 N–H and O–H groups in total. The smallest absolute Gasteiger partial charge is 0.406 e. The Bertz CT molecular complexity index is 715. The van der Waals surface area contributed by atoms with Crippen molar-refractivity contribution < 1.29 is 36.3 Å². The molecule has 0 aliphatic carbocycles.